The number of hydrogen-bond acceptors (Lipinski definition) is 5. The van der Waals surface area contributed by atoms with E-state index in [1.807, 2.05) is 49.4 Å². The molecule has 0 bridgehead atoms. The van der Waals surface area contributed by atoms with Gasteiger partial charge in [0, 0.05) is 0 Å². The minimum Gasteiger partial charge on any atom is -0.485 e. The Hall–Kier alpha value is -3.32. The van der Waals surface area contributed by atoms with Crippen molar-refractivity contribution >= 4 is 23.7 Å². The highest BCUT2D eigenvalue weighted by atomic mass is 35.5. The van der Waals surface area contributed by atoms with Gasteiger partial charge in [0.2, 0.25) is 6.10 Å². The highest BCUT2D eigenvalue weighted by Crippen LogP contribution is 2.30. The molecule has 0 aliphatic carbocycles. The predicted octanol–water partition coefficient (Wildman–Crippen LogP) is 3.18. The Labute approximate surface area is 172 Å². The molecule has 2 heterocycles. The van der Waals surface area contributed by atoms with E-state index in [-0.39, 0.29) is 6.61 Å². The monoisotopic (exact) mass is 410 g/mol. The summed E-state index contributed by atoms with van der Waals surface area (Å²) in [5.74, 6) is 0.749. The number of aromatic nitrogens is 2. The van der Waals surface area contributed by atoms with Gasteiger partial charge in [0.15, 0.2) is 11.5 Å². The summed E-state index contributed by atoms with van der Waals surface area (Å²) in [6.45, 7) is 2.51. The first kappa shape index (κ1) is 19.0. The van der Waals surface area contributed by atoms with E-state index in [2.05, 4.69) is 15.6 Å². The molecule has 4 rings (SSSR count). The van der Waals surface area contributed by atoms with Crippen LogP contribution in [-0.2, 0) is 11.3 Å². The van der Waals surface area contributed by atoms with Crippen molar-refractivity contribution in [2.75, 3.05) is 6.61 Å². The van der Waals surface area contributed by atoms with Crippen molar-refractivity contribution in [1.29, 1.82) is 0 Å². The Morgan fingerprint density at radius 1 is 1.24 bits per heavy atom. The standard InChI is InChI=1S/C21H19ClN4O3/c1-14-16(20(22)26(25-14)12-15-7-3-2-4-8-15)11-23-24-21(27)19-13-28-17-9-5-6-10-18(17)29-19/h2-11,19H,12-13H2,1H3,(H,24,27). The molecule has 3 aromatic rings. The van der Waals surface area contributed by atoms with E-state index in [4.69, 9.17) is 21.1 Å². The van der Waals surface area contributed by atoms with Gasteiger partial charge in [-0.2, -0.15) is 10.2 Å². The molecule has 0 saturated carbocycles. The van der Waals surface area contributed by atoms with Gasteiger partial charge < -0.3 is 9.47 Å². The summed E-state index contributed by atoms with van der Waals surface area (Å²) in [7, 11) is 0. The van der Waals surface area contributed by atoms with Crippen LogP contribution in [0.4, 0.5) is 0 Å². The van der Waals surface area contributed by atoms with Crippen molar-refractivity contribution in [3.63, 3.8) is 0 Å². The molecule has 1 unspecified atom stereocenters. The Morgan fingerprint density at radius 3 is 2.76 bits per heavy atom. The van der Waals surface area contributed by atoms with E-state index < -0.39 is 12.0 Å². The van der Waals surface area contributed by atoms with Crippen LogP contribution in [0.3, 0.4) is 0 Å². The van der Waals surface area contributed by atoms with E-state index in [1.165, 1.54) is 6.21 Å². The van der Waals surface area contributed by atoms with Crippen molar-refractivity contribution in [3.05, 3.63) is 76.6 Å². The molecule has 1 atom stereocenters. The lowest BCUT2D eigenvalue weighted by Crippen LogP contribution is -2.42. The number of aryl methyl sites for hydroxylation is 1. The average molecular weight is 411 g/mol. The fourth-order valence-corrected chi connectivity index (χ4v) is 3.24. The maximum atomic E-state index is 12.3. The molecule has 148 valence electrons. The first-order valence-electron chi connectivity index (χ1n) is 9.10. The fourth-order valence-electron chi connectivity index (χ4n) is 2.96. The van der Waals surface area contributed by atoms with Gasteiger partial charge in [0.25, 0.3) is 5.91 Å². The van der Waals surface area contributed by atoms with E-state index in [1.54, 1.807) is 16.8 Å². The van der Waals surface area contributed by atoms with Gasteiger partial charge in [-0.25, -0.2) is 10.1 Å². The third-order valence-corrected chi connectivity index (χ3v) is 4.85. The van der Waals surface area contributed by atoms with Crippen molar-refractivity contribution in [2.45, 2.75) is 19.6 Å². The smallest absolute Gasteiger partial charge is 0.284 e. The molecule has 1 aromatic heterocycles. The molecule has 8 heteroatoms. The lowest BCUT2D eigenvalue weighted by molar-refractivity contribution is -0.130. The van der Waals surface area contributed by atoms with E-state index >= 15 is 0 Å². The summed E-state index contributed by atoms with van der Waals surface area (Å²) in [5.41, 5.74) is 4.93. The number of benzene rings is 2. The highest BCUT2D eigenvalue weighted by molar-refractivity contribution is 6.32. The normalized spacial score (nSPS) is 15.4. The van der Waals surface area contributed by atoms with Gasteiger partial charge in [-0.15, -0.1) is 0 Å². The number of carbonyl (C=O) groups excluding carboxylic acids is 1. The number of fused-ring (bicyclic) bond motifs is 1. The average Bonchev–Trinajstić information content (AvgIpc) is 3.01. The number of halogens is 1. The number of carbonyl (C=O) groups is 1. The van der Waals surface area contributed by atoms with Gasteiger partial charge in [0.1, 0.15) is 11.8 Å². The molecule has 1 aliphatic rings. The summed E-state index contributed by atoms with van der Waals surface area (Å²) in [6, 6.07) is 17.1. The molecule has 1 amide bonds. The van der Waals surface area contributed by atoms with E-state index in [0.29, 0.717) is 28.8 Å². The quantitative estimate of drug-likeness (QED) is 0.517. The number of para-hydroxylation sites is 2. The Balaban J connectivity index is 1.40. The van der Waals surface area contributed by atoms with Crippen LogP contribution in [0.1, 0.15) is 16.8 Å². The maximum Gasteiger partial charge on any atom is 0.284 e. The van der Waals surface area contributed by atoms with E-state index in [9.17, 15) is 4.79 Å². The molecule has 7 nitrogen and oxygen atoms in total. The lowest BCUT2D eigenvalue weighted by Gasteiger charge is -2.24. The molecular weight excluding hydrogens is 392 g/mol. The van der Waals surface area contributed by atoms with Gasteiger partial charge in [-0.1, -0.05) is 54.1 Å². The van der Waals surface area contributed by atoms with Gasteiger partial charge in [-0.05, 0) is 24.6 Å². The summed E-state index contributed by atoms with van der Waals surface area (Å²) in [6.07, 6.45) is 0.709. The van der Waals surface area contributed by atoms with Gasteiger partial charge >= 0.3 is 0 Å². The zero-order valence-corrected chi connectivity index (χ0v) is 16.5. The van der Waals surface area contributed by atoms with Crippen molar-refractivity contribution in [2.24, 2.45) is 5.10 Å². The number of amides is 1. The van der Waals surface area contributed by atoms with Crippen molar-refractivity contribution in [1.82, 2.24) is 15.2 Å². The zero-order valence-electron chi connectivity index (χ0n) is 15.7. The van der Waals surface area contributed by atoms with Crippen LogP contribution < -0.4 is 14.9 Å². The number of nitrogens with zero attached hydrogens (tertiary/aromatic N) is 3. The second kappa shape index (κ2) is 8.36. The SMILES string of the molecule is Cc1nn(Cc2ccccc2)c(Cl)c1C=NNC(=O)C1COc2ccccc2O1. The van der Waals surface area contributed by atoms with Gasteiger partial charge in [0.05, 0.1) is 24.0 Å². The summed E-state index contributed by atoms with van der Waals surface area (Å²) < 4.78 is 12.9. The predicted molar refractivity (Wildman–Crippen MR) is 110 cm³/mol. The van der Waals surface area contributed by atoms with Gasteiger partial charge in [-0.3, -0.25) is 4.79 Å². The minimum absolute atomic E-state index is 0.118. The molecule has 1 N–H and O–H groups in total. The largest absolute Gasteiger partial charge is 0.485 e. The first-order valence-corrected chi connectivity index (χ1v) is 9.48. The summed E-state index contributed by atoms with van der Waals surface area (Å²) in [5, 5.41) is 8.93. The van der Waals surface area contributed by atoms with Crippen LogP contribution in [0.5, 0.6) is 11.5 Å². The molecule has 0 fully saturated rings. The minimum atomic E-state index is -0.778. The molecule has 29 heavy (non-hydrogen) atoms. The maximum absolute atomic E-state index is 12.3. The number of ether oxygens (including phenoxy) is 2. The number of hydrogen-bond donors (Lipinski definition) is 1. The number of hydrazone groups is 1. The summed E-state index contributed by atoms with van der Waals surface area (Å²) in [4.78, 5) is 12.3. The second-order valence-electron chi connectivity index (χ2n) is 6.53. The van der Waals surface area contributed by atoms with Crippen molar-refractivity contribution < 1.29 is 14.3 Å². The molecule has 1 aliphatic heterocycles. The first-order chi connectivity index (χ1) is 14.1. The van der Waals surface area contributed by atoms with Crippen LogP contribution >= 0.6 is 11.6 Å². The Morgan fingerprint density at radius 2 is 1.97 bits per heavy atom. The Bertz CT molecular complexity index is 1050. The lowest BCUT2D eigenvalue weighted by atomic mass is 10.2. The third kappa shape index (κ3) is 4.25. The number of nitrogens with one attached hydrogen (secondary N) is 1. The van der Waals surface area contributed by atoms with Crippen LogP contribution in [0.25, 0.3) is 0 Å². The molecule has 0 saturated heterocycles. The molecule has 2 aromatic carbocycles. The van der Waals surface area contributed by atoms with Crippen molar-refractivity contribution in [3.8, 4) is 11.5 Å². The molecular formula is C21H19ClN4O3. The third-order valence-electron chi connectivity index (χ3n) is 4.45. The molecule has 0 radical (unpaired) electrons. The van der Waals surface area contributed by atoms with Crippen LogP contribution in [0.2, 0.25) is 5.15 Å². The Kier molecular flexibility index (Phi) is 5.48. The van der Waals surface area contributed by atoms with Crippen LogP contribution in [-0.4, -0.2) is 34.6 Å². The fraction of sp³-hybridized carbons (Fsp3) is 0.190. The zero-order chi connectivity index (χ0) is 20.2. The van der Waals surface area contributed by atoms with Crippen LogP contribution in [0, 0.1) is 6.92 Å². The van der Waals surface area contributed by atoms with E-state index in [0.717, 1.165) is 11.3 Å². The summed E-state index contributed by atoms with van der Waals surface area (Å²) >= 11 is 6.45. The highest BCUT2D eigenvalue weighted by Gasteiger charge is 2.27. The molecule has 0 spiro atoms. The topological polar surface area (TPSA) is 77.7 Å². The van der Waals surface area contributed by atoms with Crippen LogP contribution in [0.15, 0.2) is 59.7 Å². The number of rotatable bonds is 5. The second-order valence-corrected chi connectivity index (χ2v) is 6.89.